The Labute approximate surface area is 215 Å². The molecule has 0 aromatic rings. The van der Waals surface area contributed by atoms with E-state index in [-0.39, 0.29) is 33.4 Å². The van der Waals surface area contributed by atoms with Crippen molar-refractivity contribution in [3.05, 3.63) is 0 Å². The van der Waals surface area contributed by atoms with Gasteiger partial charge in [0.15, 0.2) is 25.0 Å². The normalized spacial score (nSPS) is 22.3. The van der Waals surface area contributed by atoms with Gasteiger partial charge in [-0.2, -0.15) is 0 Å². The molecule has 1 aliphatic rings. The first-order valence-corrected chi connectivity index (χ1v) is 22.1. The first kappa shape index (κ1) is 32.5. The highest BCUT2D eigenvalue weighted by Gasteiger charge is 2.47. The van der Waals surface area contributed by atoms with E-state index in [1.54, 1.807) is 0 Å². The zero-order valence-corrected chi connectivity index (χ0v) is 28.4. The molecule has 5 nitrogen and oxygen atoms in total. The Bertz CT molecular complexity index is 597. The molecule has 0 saturated carbocycles. The first-order valence-electron chi connectivity index (χ1n) is 13.3. The number of nitrogens with one attached hydrogen (secondary N) is 1. The molecule has 0 amide bonds. The molecule has 0 bridgehead atoms. The Kier molecular flexibility index (Phi) is 10.9. The van der Waals surface area contributed by atoms with Gasteiger partial charge in [0.05, 0.1) is 12.2 Å². The number of hydrogen-bond acceptors (Lipinski definition) is 5. The van der Waals surface area contributed by atoms with Crippen LogP contribution in [0.3, 0.4) is 0 Å². The van der Waals surface area contributed by atoms with Gasteiger partial charge in [0.2, 0.25) is 0 Å². The lowest BCUT2D eigenvalue weighted by Gasteiger charge is -2.48. The average Bonchev–Trinajstić information content (AvgIpc) is 2.59. The van der Waals surface area contributed by atoms with Crippen LogP contribution in [0.2, 0.25) is 54.4 Å². The molecule has 0 radical (unpaired) electrons. The molecule has 8 heteroatoms. The van der Waals surface area contributed by atoms with Crippen LogP contribution in [0, 0.1) is 0 Å². The third-order valence-corrected chi connectivity index (χ3v) is 22.3. The van der Waals surface area contributed by atoms with Gasteiger partial charge in [-0.3, -0.25) is 0 Å². The van der Waals surface area contributed by atoms with Crippen molar-refractivity contribution in [2.75, 3.05) is 26.3 Å². The van der Waals surface area contributed by atoms with E-state index in [1.807, 2.05) is 0 Å². The van der Waals surface area contributed by atoms with Crippen molar-refractivity contribution in [3.63, 3.8) is 0 Å². The molecule has 1 fully saturated rings. The minimum absolute atomic E-state index is 0.00530. The predicted molar refractivity (Wildman–Crippen MR) is 155 cm³/mol. The van der Waals surface area contributed by atoms with E-state index in [2.05, 4.69) is 107 Å². The van der Waals surface area contributed by atoms with Gasteiger partial charge < -0.3 is 23.3 Å². The summed E-state index contributed by atoms with van der Waals surface area (Å²) in [7, 11) is -5.62. The summed E-state index contributed by atoms with van der Waals surface area (Å²) in [5, 5.41) is 4.13. The average molecular weight is 534 g/mol. The highest BCUT2D eigenvalue weighted by Crippen LogP contribution is 2.41. The Morgan fingerprint density at radius 1 is 0.618 bits per heavy atom. The fourth-order valence-corrected chi connectivity index (χ4v) is 6.95. The van der Waals surface area contributed by atoms with Crippen LogP contribution in [0.5, 0.6) is 0 Å². The summed E-state index contributed by atoms with van der Waals surface area (Å²) in [4.78, 5) is 0. The van der Waals surface area contributed by atoms with Crippen molar-refractivity contribution in [3.8, 4) is 0 Å². The summed E-state index contributed by atoms with van der Waals surface area (Å²) in [5.41, 5.74) is 0. The molecular weight excluding hydrogens is 475 g/mol. The highest BCUT2D eigenvalue weighted by atomic mass is 28.4. The van der Waals surface area contributed by atoms with Crippen LogP contribution in [-0.2, 0) is 18.0 Å². The lowest BCUT2D eigenvalue weighted by Crippen LogP contribution is -2.62. The molecule has 1 aliphatic heterocycles. The van der Waals surface area contributed by atoms with Gasteiger partial charge in [-0.05, 0) is 60.8 Å². The summed E-state index contributed by atoms with van der Waals surface area (Å²) >= 11 is 0. The minimum Gasteiger partial charge on any atom is -0.417 e. The van der Waals surface area contributed by atoms with Crippen LogP contribution < -0.4 is 5.32 Å². The van der Waals surface area contributed by atoms with Gasteiger partial charge >= 0.3 is 0 Å². The topological polar surface area (TPSA) is 49.0 Å². The van der Waals surface area contributed by atoms with Crippen LogP contribution in [0.25, 0.3) is 0 Å². The van der Waals surface area contributed by atoms with E-state index in [0.717, 1.165) is 26.1 Å². The van der Waals surface area contributed by atoms with Crippen molar-refractivity contribution in [2.24, 2.45) is 0 Å². The number of piperidine rings is 1. The quantitative estimate of drug-likeness (QED) is 0.238. The van der Waals surface area contributed by atoms with E-state index >= 15 is 0 Å². The molecule has 0 aromatic carbocycles. The SMILES string of the molecule is CC(C)(C)[Si](C)(C)OCCCOC1[C@H](O[Si](C)(C)C(C)(C)C)CNC[C@H]1O[Si](C)(C)C(C)(C)C. The van der Waals surface area contributed by atoms with Crippen molar-refractivity contribution in [1.82, 2.24) is 5.32 Å². The molecule has 1 rings (SSSR count). The second-order valence-corrected chi connectivity index (χ2v) is 29.1. The van der Waals surface area contributed by atoms with E-state index in [4.69, 9.17) is 18.0 Å². The molecule has 34 heavy (non-hydrogen) atoms. The summed E-state index contributed by atoms with van der Waals surface area (Å²) in [6, 6.07) is 0. The smallest absolute Gasteiger partial charge is 0.192 e. The fourth-order valence-electron chi connectivity index (χ4n) is 3.20. The van der Waals surface area contributed by atoms with Crippen LogP contribution in [0.4, 0.5) is 0 Å². The number of rotatable bonds is 10. The second-order valence-electron chi connectivity index (χ2n) is 14.8. The molecule has 204 valence electrons. The van der Waals surface area contributed by atoms with Crippen molar-refractivity contribution < 1.29 is 18.0 Å². The Hall–Kier alpha value is 0.451. The highest BCUT2D eigenvalue weighted by molar-refractivity contribution is 6.75. The fraction of sp³-hybridized carbons (Fsp3) is 1.00. The van der Waals surface area contributed by atoms with Gasteiger partial charge in [0.25, 0.3) is 0 Å². The molecule has 0 aliphatic carbocycles. The van der Waals surface area contributed by atoms with Crippen LogP contribution in [0.1, 0.15) is 68.7 Å². The molecule has 0 unspecified atom stereocenters. The Morgan fingerprint density at radius 3 is 1.35 bits per heavy atom. The molecule has 1 saturated heterocycles. The van der Waals surface area contributed by atoms with Gasteiger partial charge in [-0.1, -0.05) is 62.3 Å². The number of ether oxygens (including phenoxy) is 1. The van der Waals surface area contributed by atoms with Gasteiger partial charge in [-0.15, -0.1) is 0 Å². The maximum Gasteiger partial charge on any atom is 0.192 e. The summed E-state index contributed by atoms with van der Waals surface area (Å²) in [5.74, 6) is 0. The maximum atomic E-state index is 6.90. The Morgan fingerprint density at radius 2 is 1.00 bits per heavy atom. The molecule has 1 N–H and O–H groups in total. The molecular formula is C26H59NO4Si3. The third-order valence-electron chi connectivity index (χ3n) is 8.80. The lowest BCUT2D eigenvalue weighted by molar-refractivity contribution is -0.105. The molecule has 0 spiro atoms. The summed E-state index contributed by atoms with van der Waals surface area (Å²) in [6.07, 6.45) is 0.851. The monoisotopic (exact) mass is 533 g/mol. The Balaban J connectivity index is 2.96. The first-order chi connectivity index (χ1) is 15.0. The predicted octanol–water partition coefficient (Wildman–Crippen LogP) is 7.17. The largest absolute Gasteiger partial charge is 0.417 e. The van der Waals surface area contributed by atoms with Crippen LogP contribution >= 0.6 is 0 Å². The maximum absolute atomic E-state index is 6.90. The van der Waals surface area contributed by atoms with Gasteiger partial charge in [0, 0.05) is 26.3 Å². The van der Waals surface area contributed by atoms with E-state index in [0.29, 0.717) is 6.61 Å². The van der Waals surface area contributed by atoms with E-state index in [1.165, 1.54) is 0 Å². The van der Waals surface area contributed by atoms with E-state index in [9.17, 15) is 0 Å². The van der Waals surface area contributed by atoms with Crippen LogP contribution in [0.15, 0.2) is 0 Å². The van der Waals surface area contributed by atoms with Crippen molar-refractivity contribution in [1.29, 1.82) is 0 Å². The molecule has 0 aromatic heterocycles. The zero-order chi connectivity index (χ0) is 26.8. The van der Waals surface area contributed by atoms with Gasteiger partial charge in [-0.25, -0.2) is 0 Å². The summed E-state index contributed by atoms with van der Waals surface area (Å²) < 4.78 is 26.8. The third kappa shape index (κ3) is 8.78. The molecule has 2 atom stereocenters. The van der Waals surface area contributed by atoms with E-state index < -0.39 is 25.0 Å². The standard InChI is InChI=1S/C26H59NO4Si3/c1-24(2,3)32(10,11)29-18-16-17-28-23-21(30-33(12,13)25(4,5)6)19-27-20-22(23)31-34(14,15)26(7,8)9/h21-23,27H,16-20H2,1-15H3/t21-,22-/m1/s1. The lowest BCUT2D eigenvalue weighted by atomic mass is 10.0. The minimum atomic E-state index is -1.94. The number of hydrogen-bond donors (Lipinski definition) is 1. The zero-order valence-electron chi connectivity index (χ0n) is 25.4. The van der Waals surface area contributed by atoms with Crippen LogP contribution in [-0.4, -0.2) is 69.6 Å². The summed E-state index contributed by atoms with van der Waals surface area (Å²) in [6.45, 7) is 37.7. The molecule has 1 heterocycles. The second kappa shape index (κ2) is 11.5. The van der Waals surface area contributed by atoms with Gasteiger partial charge in [0.1, 0.15) is 6.10 Å². The van der Waals surface area contributed by atoms with Crippen molar-refractivity contribution >= 4 is 25.0 Å². The van der Waals surface area contributed by atoms with Crippen molar-refractivity contribution in [2.45, 2.75) is 141 Å².